The van der Waals surface area contributed by atoms with Crippen molar-refractivity contribution in [1.82, 2.24) is 20.2 Å². The molecule has 0 spiro atoms. The minimum Gasteiger partial charge on any atom is -0.324 e. The summed E-state index contributed by atoms with van der Waals surface area (Å²) in [5.74, 6) is -0.224. The zero-order valence-corrected chi connectivity index (χ0v) is 16.0. The molecule has 0 fully saturated rings. The van der Waals surface area contributed by atoms with Gasteiger partial charge in [-0.25, -0.2) is 0 Å². The number of aromatic nitrogens is 4. The molecule has 8 heteroatoms. The molecule has 3 aromatic rings. The van der Waals surface area contributed by atoms with Crippen LogP contribution in [-0.2, 0) is 4.79 Å². The Kier molecular flexibility index (Phi) is 5.52. The molecular weight excluding hydrogens is 360 g/mol. The van der Waals surface area contributed by atoms with Crippen LogP contribution in [0, 0.1) is 25.2 Å². The number of carbonyl (C=O) groups is 1. The SMILES string of the molecule is Cc1ccc(C)c(-n2nnnc2S[C@@H](C)C(=O)Nc2ccccc2C#N)c1. The molecule has 0 saturated heterocycles. The molecule has 27 heavy (non-hydrogen) atoms. The molecule has 0 aliphatic rings. The van der Waals surface area contributed by atoms with Gasteiger partial charge in [-0.3, -0.25) is 4.79 Å². The number of anilines is 1. The van der Waals surface area contributed by atoms with Crippen molar-refractivity contribution in [3.63, 3.8) is 0 Å². The van der Waals surface area contributed by atoms with E-state index in [-0.39, 0.29) is 5.91 Å². The molecule has 0 aliphatic heterocycles. The third kappa shape index (κ3) is 4.15. The number of nitrogens with zero attached hydrogens (tertiary/aromatic N) is 5. The quantitative estimate of drug-likeness (QED) is 0.685. The molecule has 3 rings (SSSR count). The number of thioether (sulfide) groups is 1. The van der Waals surface area contributed by atoms with Gasteiger partial charge in [0.2, 0.25) is 11.1 Å². The summed E-state index contributed by atoms with van der Waals surface area (Å²) >= 11 is 1.26. The number of carbonyl (C=O) groups excluding carboxylic acids is 1. The van der Waals surface area contributed by atoms with Gasteiger partial charge >= 0.3 is 0 Å². The van der Waals surface area contributed by atoms with E-state index >= 15 is 0 Å². The summed E-state index contributed by atoms with van der Waals surface area (Å²) in [7, 11) is 0. The lowest BCUT2D eigenvalue weighted by Crippen LogP contribution is -2.23. The van der Waals surface area contributed by atoms with E-state index in [1.807, 2.05) is 32.0 Å². The molecule has 1 heterocycles. The van der Waals surface area contributed by atoms with Crippen molar-refractivity contribution in [3.8, 4) is 11.8 Å². The molecule has 0 bridgehead atoms. The zero-order valence-electron chi connectivity index (χ0n) is 15.2. The van der Waals surface area contributed by atoms with Gasteiger partial charge in [-0.15, -0.1) is 5.10 Å². The molecule has 1 atom stereocenters. The monoisotopic (exact) mass is 378 g/mol. The summed E-state index contributed by atoms with van der Waals surface area (Å²) < 4.78 is 1.64. The molecule has 0 unspecified atom stereocenters. The van der Waals surface area contributed by atoms with E-state index < -0.39 is 5.25 Å². The van der Waals surface area contributed by atoms with E-state index in [0.717, 1.165) is 16.8 Å². The Morgan fingerprint density at radius 1 is 1.26 bits per heavy atom. The molecule has 2 aromatic carbocycles. The molecule has 1 aromatic heterocycles. The van der Waals surface area contributed by atoms with Crippen LogP contribution in [0.2, 0.25) is 0 Å². The van der Waals surface area contributed by atoms with Crippen LogP contribution in [0.25, 0.3) is 5.69 Å². The highest BCUT2D eigenvalue weighted by molar-refractivity contribution is 8.00. The second-order valence-corrected chi connectivity index (χ2v) is 7.38. The number of hydrogen-bond donors (Lipinski definition) is 1. The van der Waals surface area contributed by atoms with Gasteiger partial charge in [0.15, 0.2) is 0 Å². The van der Waals surface area contributed by atoms with Gasteiger partial charge in [0, 0.05) is 0 Å². The summed E-state index contributed by atoms with van der Waals surface area (Å²) in [5, 5.41) is 23.9. The van der Waals surface area contributed by atoms with E-state index in [1.54, 1.807) is 35.9 Å². The Morgan fingerprint density at radius 2 is 2.04 bits per heavy atom. The van der Waals surface area contributed by atoms with Crippen molar-refractivity contribution in [3.05, 3.63) is 59.2 Å². The first-order chi connectivity index (χ1) is 13.0. The van der Waals surface area contributed by atoms with Crippen LogP contribution in [0.15, 0.2) is 47.6 Å². The van der Waals surface area contributed by atoms with Crippen LogP contribution in [0.3, 0.4) is 0 Å². The average Bonchev–Trinajstić information content (AvgIpc) is 3.12. The van der Waals surface area contributed by atoms with Gasteiger partial charge in [0.25, 0.3) is 0 Å². The van der Waals surface area contributed by atoms with Crippen molar-refractivity contribution < 1.29 is 4.79 Å². The molecule has 0 saturated carbocycles. The molecule has 0 radical (unpaired) electrons. The van der Waals surface area contributed by atoms with Gasteiger partial charge in [-0.05, 0) is 60.5 Å². The fraction of sp³-hybridized carbons (Fsp3) is 0.211. The molecule has 7 nitrogen and oxygen atoms in total. The van der Waals surface area contributed by atoms with Crippen LogP contribution in [0.1, 0.15) is 23.6 Å². The predicted octanol–water partition coefficient (Wildman–Crippen LogP) is 3.27. The average molecular weight is 378 g/mol. The maximum Gasteiger partial charge on any atom is 0.237 e. The molecule has 1 N–H and O–H groups in total. The van der Waals surface area contributed by atoms with Crippen LogP contribution < -0.4 is 5.32 Å². The maximum absolute atomic E-state index is 12.6. The van der Waals surface area contributed by atoms with E-state index in [0.29, 0.717) is 16.4 Å². The van der Waals surface area contributed by atoms with E-state index in [1.165, 1.54) is 11.8 Å². The topological polar surface area (TPSA) is 96.5 Å². The lowest BCUT2D eigenvalue weighted by molar-refractivity contribution is -0.115. The van der Waals surface area contributed by atoms with Gasteiger partial charge in [0.05, 0.1) is 22.2 Å². The number of amides is 1. The maximum atomic E-state index is 12.6. The Labute approximate surface area is 161 Å². The standard InChI is InChI=1S/C19H18N6OS/c1-12-8-9-13(2)17(10-12)25-19(22-23-24-25)27-14(3)18(26)21-16-7-5-4-6-15(16)11-20/h4-10,14H,1-3H3,(H,21,26)/t14-/m0/s1. The van der Waals surface area contributed by atoms with E-state index in [9.17, 15) is 4.79 Å². The third-order valence-corrected chi connectivity index (χ3v) is 5.02. The number of tetrazole rings is 1. The second-order valence-electron chi connectivity index (χ2n) is 6.07. The Morgan fingerprint density at radius 3 is 2.81 bits per heavy atom. The van der Waals surface area contributed by atoms with E-state index in [2.05, 4.69) is 26.9 Å². The summed E-state index contributed by atoms with van der Waals surface area (Å²) in [5.41, 5.74) is 3.93. The zero-order chi connectivity index (χ0) is 19.4. The summed E-state index contributed by atoms with van der Waals surface area (Å²) in [6.07, 6.45) is 0. The summed E-state index contributed by atoms with van der Waals surface area (Å²) in [6, 6.07) is 15.0. The smallest absolute Gasteiger partial charge is 0.237 e. The minimum absolute atomic E-state index is 0.224. The fourth-order valence-electron chi connectivity index (χ4n) is 2.49. The van der Waals surface area contributed by atoms with E-state index in [4.69, 9.17) is 5.26 Å². The fourth-order valence-corrected chi connectivity index (χ4v) is 3.29. The number of hydrogen-bond acceptors (Lipinski definition) is 6. The Balaban J connectivity index is 1.78. The molecule has 0 aliphatic carbocycles. The van der Waals surface area contributed by atoms with Crippen molar-refractivity contribution in [2.75, 3.05) is 5.32 Å². The normalized spacial score (nSPS) is 11.6. The summed E-state index contributed by atoms with van der Waals surface area (Å²) in [6.45, 7) is 5.76. The highest BCUT2D eigenvalue weighted by Crippen LogP contribution is 2.26. The lowest BCUT2D eigenvalue weighted by Gasteiger charge is -2.13. The highest BCUT2D eigenvalue weighted by atomic mass is 32.2. The van der Waals surface area contributed by atoms with Crippen molar-refractivity contribution in [1.29, 1.82) is 5.26 Å². The minimum atomic E-state index is -0.452. The van der Waals surface area contributed by atoms with Gasteiger partial charge < -0.3 is 5.32 Å². The van der Waals surface area contributed by atoms with Gasteiger partial charge in [0.1, 0.15) is 6.07 Å². The Hall–Kier alpha value is -3.18. The number of nitriles is 1. The predicted molar refractivity (Wildman–Crippen MR) is 104 cm³/mol. The van der Waals surface area contributed by atoms with Crippen molar-refractivity contribution in [2.45, 2.75) is 31.2 Å². The van der Waals surface area contributed by atoms with Crippen LogP contribution >= 0.6 is 11.8 Å². The summed E-state index contributed by atoms with van der Waals surface area (Å²) in [4.78, 5) is 12.6. The molecular formula is C19H18N6OS. The highest BCUT2D eigenvalue weighted by Gasteiger charge is 2.20. The number of nitrogens with one attached hydrogen (secondary N) is 1. The molecule has 1 amide bonds. The Bertz CT molecular complexity index is 1020. The van der Waals surface area contributed by atoms with Gasteiger partial charge in [-0.1, -0.05) is 36.0 Å². The number of rotatable bonds is 5. The van der Waals surface area contributed by atoms with Crippen LogP contribution in [0.5, 0.6) is 0 Å². The second kappa shape index (κ2) is 8.01. The van der Waals surface area contributed by atoms with Crippen LogP contribution in [-0.4, -0.2) is 31.4 Å². The first-order valence-electron chi connectivity index (χ1n) is 8.32. The number of aryl methyl sites for hydroxylation is 2. The largest absolute Gasteiger partial charge is 0.324 e. The lowest BCUT2D eigenvalue weighted by atomic mass is 10.1. The van der Waals surface area contributed by atoms with Crippen molar-refractivity contribution >= 4 is 23.4 Å². The number of para-hydroxylation sites is 1. The molecule has 136 valence electrons. The van der Waals surface area contributed by atoms with Gasteiger partial charge in [-0.2, -0.15) is 9.94 Å². The van der Waals surface area contributed by atoms with Crippen LogP contribution in [0.4, 0.5) is 5.69 Å². The number of benzene rings is 2. The van der Waals surface area contributed by atoms with Crippen molar-refractivity contribution in [2.24, 2.45) is 0 Å². The third-order valence-electron chi connectivity index (χ3n) is 3.99. The first kappa shape index (κ1) is 18.6. The first-order valence-corrected chi connectivity index (χ1v) is 9.20.